The largest absolute Gasteiger partial charge is 0.387 e. The molecule has 1 N–H and O–H groups in total. The Morgan fingerprint density at radius 3 is 2.83 bits per heavy atom. The SMILES string of the molecule is CCSc1ccc(F)cc1NC. The van der Waals surface area contributed by atoms with Crippen molar-refractivity contribution >= 4 is 17.4 Å². The molecule has 1 aromatic rings. The molecule has 1 nitrogen and oxygen atoms in total. The van der Waals surface area contributed by atoms with Gasteiger partial charge in [-0.05, 0) is 24.0 Å². The van der Waals surface area contributed by atoms with Gasteiger partial charge in [0.15, 0.2) is 0 Å². The minimum atomic E-state index is -0.195. The molecular formula is C9H12FNS. The van der Waals surface area contributed by atoms with Gasteiger partial charge in [0.2, 0.25) is 0 Å². The standard InChI is InChI=1S/C9H12FNS/c1-3-12-9-5-4-7(10)6-8(9)11-2/h4-6,11H,3H2,1-2H3. The number of hydrogen-bond acceptors (Lipinski definition) is 2. The molecule has 0 unspecified atom stereocenters. The third-order valence-electron chi connectivity index (χ3n) is 1.51. The van der Waals surface area contributed by atoms with E-state index in [1.165, 1.54) is 12.1 Å². The summed E-state index contributed by atoms with van der Waals surface area (Å²) < 4.78 is 12.7. The van der Waals surface area contributed by atoms with Gasteiger partial charge in [-0.3, -0.25) is 0 Å². The van der Waals surface area contributed by atoms with Crippen molar-refractivity contribution in [2.75, 3.05) is 18.1 Å². The Bertz CT molecular complexity index is 263. The Balaban J connectivity index is 2.94. The third-order valence-corrected chi connectivity index (χ3v) is 2.47. The second kappa shape index (κ2) is 4.36. The van der Waals surface area contributed by atoms with Gasteiger partial charge < -0.3 is 5.32 Å². The summed E-state index contributed by atoms with van der Waals surface area (Å²) in [5.41, 5.74) is 0.863. The van der Waals surface area contributed by atoms with E-state index in [9.17, 15) is 4.39 Å². The summed E-state index contributed by atoms with van der Waals surface area (Å²) in [5, 5.41) is 2.96. The van der Waals surface area contributed by atoms with E-state index in [1.54, 1.807) is 24.9 Å². The van der Waals surface area contributed by atoms with Crippen LogP contribution in [0.15, 0.2) is 23.1 Å². The lowest BCUT2D eigenvalue weighted by Gasteiger charge is -2.06. The molecular weight excluding hydrogens is 173 g/mol. The average molecular weight is 185 g/mol. The van der Waals surface area contributed by atoms with E-state index in [4.69, 9.17) is 0 Å². The van der Waals surface area contributed by atoms with Crippen LogP contribution < -0.4 is 5.32 Å². The van der Waals surface area contributed by atoms with Gasteiger partial charge >= 0.3 is 0 Å². The molecule has 0 aliphatic rings. The lowest BCUT2D eigenvalue weighted by molar-refractivity contribution is 0.627. The normalized spacial score (nSPS) is 9.92. The van der Waals surface area contributed by atoms with Crippen LogP contribution in [0.5, 0.6) is 0 Å². The number of halogens is 1. The molecule has 0 aromatic heterocycles. The van der Waals surface area contributed by atoms with Gasteiger partial charge in [-0.15, -0.1) is 11.8 Å². The van der Waals surface area contributed by atoms with Gasteiger partial charge in [-0.25, -0.2) is 4.39 Å². The van der Waals surface area contributed by atoms with E-state index in [-0.39, 0.29) is 5.82 Å². The Hall–Kier alpha value is -0.700. The first-order chi connectivity index (χ1) is 5.77. The van der Waals surface area contributed by atoms with E-state index >= 15 is 0 Å². The van der Waals surface area contributed by atoms with Crippen molar-refractivity contribution in [1.82, 2.24) is 0 Å². The van der Waals surface area contributed by atoms with Crippen molar-refractivity contribution in [3.05, 3.63) is 24.0 Å². The fourth-order valence-corrected chi connectivity index (χ4v) is 1.77. The van der Waals surface area contributed by atoms with Crippen molar-refractivity contribution in [1.29, 1.82) is 0 Å². The molecule has 0 aliphatic heterocycles. The molecule has 0 spiro atoms. The summed E-state index contributed by atoms with van der Waals surface area (Å²) in [4.78, 5) is 1.10. The molecule has 0 saturated heterocycles. The maximum atomic E-state index is 12.7. The van der Waals surface area contributed by atoms with Crippen LogP contribution in [0.25, 0.3) is 0 Å². The quantitative estimate of drug-likeness (QED) is 0.726. The van der Waals surface area contributed by atoms with Gasteiger partial charge in [-0.2, -0.15) is 0 Å². The molecule has 0 saturated carbocycles. The zero-order valence-electron chi connectivity index (χ0n) is 7.23. The first-order valence-electron chi connectivity index (χ1n) is 3.88. The summed E-state index contributed by atoms with van der Waals surface area (Å²) in [6, 6.07) is 4.80. The van der Waals surface area contributed by atoms with Crippen LogP contribution in [0, 0.1) is 5.82 Å². The molecule has 0 radical (unpaired) electrons. The molecule has 0 amide bonds. The number of nitrogens with one attached hydrogen (secondary N) is 1. The number of hydrogen-bond donors (Lipinski definition) is 1. The summed E-state index contributed by atoms with van der Waals surface area (Å²) in [7, 11) is 1.80. The Labute approximate surface area is 76.4 Å². The van der Waals surface area contributed by atoms with E-state index in [0.29, 0.717) is 0 Å². The zero-order valence-corrected chi connectivity index (χ0v) is 8.04. The Morgan fingerprint density at radius 2 is 2.25 bits per heavy atom. The lowest BCUT2D eigenvalue weighted by Crippen LogP contribution is -1.91. The van der Waals surface area contributed by atoms with Crippen molar-refractivity contribution in [2.24, 2.45) is 0 Å². The Kier molecular flexibility index (Phi) is 3.41. The highest BCUT2D eigenvalue weighted by Crippen LogP contribution is 2.27. The van der Waals surface area contributed by atoms with Crippen molar-refractivity contribution < 1.29 is 4.39 Å². The number of thioether (sulfide) groups is 1. The van der Waals surface area contributed by atoms with Crippen LogP contribution in [0.3, 0.4) is 0 Å². The first kappa shape index (κ1) is 9.39. The molecule has 12 heavy (non-hydrogen) atoms. The smallest absolute Gasteiger partial charge is 0.125 e. The predicted octanol–water partition coefficient (Wildman–Crippen LogP) is 2.98. The second-order valence-corrected chi connectivity index (χ2v) is 3.63. The first-order valence-corrected chi connectivity index (χ1v) is 4.86. The van der Waals surface area contributed by atoms with E-state index in [1.807, 2.05) is 0 Å². The highest BCUT2D eigenvalue weighted by Gasteiger charge is 2.01. The topological polar surface area (TPSA) is 12.0 Å². The van der Waals surface area contributed by atoms with Crippen LogP contribution >= 0.6 is 11.8 Å². The summed E-state index contributed by atoms with van der Waals surface area (Å²) in [6.45, 7) is 2.08. The molecule has 66 valence electrons. The van der Waals surface area contributed by atoms with Crippen molar-refractivity contribution in [2.45, 2.75) is 11.8 Å². The highest BCUT2D eigenvalue weighted by atomic mass is 32.2. The molecule has 0 atom stereocenters. The summed E-state index contributed by atoms with van der Waals surface area (Å²) in [6.07, 6.45) is 0. The van der Waals surface area contributed by atoms with Crippen molar-refractivity contribution in [3.8, 4) is 0 Å². The van der Waals surface area contributed by atoms with Gasteiger partial charge in [0, 0.05) is 11.9 Å². The molecule has 3 heteroatoms. The summed E-state index contributed by atoms with van der Waals surface area (Å²) in [5.74, 6) is 0.806. The molecule has 1 aromatic carbocycles. The fraction of sp³-hybridized carbons (Fsp3) is 0.333. The van der Waals surface area contributed by atoms with E-state index < -0.39 is 0 Å². The van der Waals surface area contributed by atoms with Gasteiger partial charge in [-0.1, -0.05) is 6.92 Å². The van der Waals surface area contributed by atoms with Crippen LogP contribution in [0.1, 0.15) is 6.92 Å². The second-order valence-electron chi connectivity index (χ2n) is 2.32. The fourth-order valence-electron chi connectivity index (χ4n) is 0.979. The minimum Gasteiger partial charge on any atom is -0.387 e. The number of rotatable bonds is 3. The molecule has 1 rings (SSSR count). The van der Waals surface area contributed by atoms with Crippen LogP contribution in [-0.2, 0) is 0 Å². The molecule has 0 aliphatic carbocycles. The predicted molar refractivity (Wildman–Crippen MR) is 52.3 cm³/mol. The monoisotopic (exact) mass is 185 g/mol. The van der Waals surface area contributed by atoms with Crippen molar-refractivity contribution in [3.63, 3.8) is 0 Å². The maximum absolute atomic E-state index is 12.7. The highest BCUT2D eigenvalue weighted by molar-refractivity contribution is 7.99. The van der Waals surface area contributed by atoms with Crippen LogP contribution in [-0.4, -0.2) is 12.8 Å². The van der Waals surface area contributed by atoms with Gasteiger partial charge in [0.25, 0.3) is 0 Å². The molecule has 0 fully saturated rings. The minimum absolute atomic E-state index is 0.195. The van der Waals surface area contributed by atoms with Gasteiger partial charge in [0.05, 0.1) is 5.69 Å². The number of benzene rings is 1. The summed E-state index contributed by atoms with van der Waals surface area (Å²) >= 11 is 1.71. The molecule has 0 heterocycles. The van der Waals surface area contributed by atoms with E-state index in [2.05, 4.69) is 12.2 Å². The maximum Gasteiger partial charge on any atom is 0.125 e. The van der Waals surface area contributed by atoms with E-state index in [0.717, 1.165) is 16.3 Å². The van der Waals surface area contributed by atoms with Gasteiger partial charge in [0.1, 0.15) is 5.82 Å². The molecule has 0 bridgehead atoms. The Morgan fingerprint density at radius 1 is 1.50 bits per heavy atom. The third kappa shape index (κ3) is 2.14. The average Bonchev–Trinajstić information content (AvgIpc) is 2.08. The van der Waals surface area contributed by atoms with Crippen LogP contribution in [0.2, 0.25) is 0 Å². The lowest BCUT2D eigenvalue weighted by atomic mass is 10.3. The number of anilines is 1. The van der Waals surface area contributed by atoms with Crippen LogP contribution in [0.4, 0.5) is 10.1 Å². The zero-order chi connectivity index (χ0) is 8.97.